The van der Waals surface area contributed by atoms with E-state index in [9.17, 15) is 48.0 Å². The molecule has 1 saturated carbocycles. The van der Waals surface area contributed by atoms with Crippen LogP contribution < -0.4 is 20.9 Å². The van der Waals surface area contributed by atoms with Gasteiger partial charge in [-0.25, -0.2) is 13.4 Å². The molecular weight excluding hydrogens is 829 g/mol. The van der Waals surface area contributed by atoms with E-state index in [1.54, 1.807) is 55.5 Å². The van der Waals surface area contributed by atoms with Crippen molar-refractivity contribution in [3.63, 3.8) is 0 Å². The number of pyridine rings is 1. The Kier molecular flexibility index (Phi) is 15.7. The number of aryl methyl sites for hydroxylation is 2. The molecule has 3 aromatic carbocycles. The number of carbonyl (C=O) groups excluding carboxylic acids is 3. The molecule has 63 heavy (non-hydrogen) atoms. The summed E-state index contributed by atoms with van der Waals surface area (Å²) in [5.74, 6) is -2.49. The molecule has 17 heteroatoms. The van der Waals surface area contributed by atoms with Gasteiger partial charge in [0, 0.05) is 42.5 Å². The fourth-order valence-electron chi connectivity index (χ4n) is 8.02. The second kappa shape index (κ2) is 21.1. The molecule has 1 saturated heterocycles. The number of amides is 3. The third kappa shape index (κ3) is 11.5. The van der Waals surface area contributed by atoms with Crippen molar-refractivity contribution in [2.75, 3.05) is 55.0 Å². The molecule has 0 radical (unpaired) electrons. The fraction of sp³-hybridized carbons (Fsp3) is 0.413. The molecule has 2 fully saturated rings. The molecule has 7 N–H and O–H groups in total. The van der Waals surface area contributed by atoms with Crippen LogP contribution in [0.3, 0.4) is 0 Å². The number of aliphatic hydroxyl groups is 3. The van der Waals surface area contributed by atoms with Gasteiger partial charge < -0.3 is 41.3 Å². The highest BCUT2D eigenvalue weighted by atomic mass is 32.2. The number of piperidine rings is 1. The zero-order valence-electron chi connectivity index (χ0n) is 35.3. The number of carboxylic acids is 1. The van der Waals surface area contributed by atoms with Crippen LogP contribution >= 0.6 is 0 Å². The van der Waals surface area contributed by atoms with E-state index in [1.165, 1.54) is 28.6 Å². The van der Waals surface area contributed by atoms with Crippen molar-refractivity contribution in [2.24, 2.45) is 5.92 Å². The zero-order chi connectivity index (χ0) is 45.1. The van der Waals surface area contributed by atoms with Crippen LogP contribution in [0.25, 0.3) is 0 Å². The van der Waals surface area contributed by atoms with Gasteiger partial charge in [0.05, 0.1) is 36.3 Å². The van der Waals surface area contributed by atoms with E-state index >= 15 is 0 Å². The number of carbonyl (C=O) groups is 4. The molecule has 3 amide bonds. The summed E-state index contributed by atoms with van der Waals surface area (Å²) >= 11 is 0. The van der Waals surface area contributed by atoms with Gasteiger partial charge in [0.25, 0.3) is 17.7 Å². The summed E-state index contributed by atoms with van der Waals surface area (Å²) in [5.41, 5.74) is 1.43. The van der Waals surface area contributed by atoms with E-state index in [-0.39, 0.29) is 34.4 Å². The first-order valence-corrected chi connectivity index (χ1v) is 22.8. The average molecular weight is 885 g/mol. The monoisotopic (exact) mass is 884 g/mol. The maximum absolute atomic E-state index is 14.0. The maximum atomic E-state index is 14.0. The van der Waals surface area contributed by atoms with Crippen molar-refractivity contribution in [1.82, 2.24) is 14.6 Å². The third-order valence-electron chi connectivity index (χ3n) is 11.9. The summed E-state index contributed by atoms with van der Waals surface area (Å²) in [5, 5.41) is 46.2. The molecule has 1 aromatic heterocycles. The van der Waals surface area contributed by atoms with E-state index in [4.69, 9.17) is 4.98 Å². The van der Waals surface area contributed by atoms with Gasteiger partial charge in [-0.15, -0.1) is 0 Å². The van der Waals surface area contributed by atoms with Crippen molar-refractivity contribution in [3.05, 3.63) is 113 Å². The molecule has 2 aliphatic rings. The lowest BCUT2D eigenvalue weighted by molar-refractivity contribution is -0.143. The Morgan fingerprint density at radius 2 is 1.37 bits per heavy atom. The average Bonchev–Trinajstić information content (AvgIpc) is 3.31. The number of hydrogen-bond acceptors (Lipinski definition) is 11. The second-order valence-electron chi connectivity index (χ2n) is 16.2. The standard InChI is InChI=1S/C46H56N6O10S/c1-2-52(37-21-17-34(18-22-37)45(59)60)63(61,62)38-8-6-7-35(27-38)42(56)48-39-23-24-40(51-25-4-3-5-26-51)49-41(39)44(58)47-36-19-13-32(14-20-36)10-9-31-11-15-33(16-12-31)43(57)50-46(28-53,29-54)30-55/h6-8,11-16,19-20,23-24,27,34,37,53-55H,2-5,9-10,17-18,21-22,25-26,28-30H2,1H3,(H,47,58)(H,48,56)(H,50,57)(H,59,60). The number of aliphatic carboxylic acids is 1. The highest BCUT2D eigenvalue weighted by Gasteiger charge is 2.35. The van der Waals surface area contributed by atoms with Crippen molar-refractivity contribution < 1.29 is 48.0 Å². The summed E-state index contributed by atoms with van der Waals surface area (Å²) in [6.07, 6.45) is 6.00. The number of nitrogens with one attached hydrogen (secondary N) is 3. The number of rotatable bonds is 18. The second-order valence-corrected chi connectivity index (χ2v) is 18.1. The van der Waals surface area contributed by atoms with Gasteiger partial charge >= 0.3 is 5.97 Å². The van der Waals surface area contributed by atoms with Crippen LogP contribution in [0.1, 0.15) is 94.2 Å². The molecule has 0 spiro atoms. The van der Waals surface area contributed by atoms with Crippen LogP contribution in [0, 0.1) is 5.92 Å². The summed E-state index contributed by atoms with van der Waals surface area (Å²) in [4.78, 5) is 58.7. The van der Waals surface area contributed by atoms with E-state index in [0.717, 1.165) is 43.5 Å². The number of aliphatic hydroxyl groups excluding tert-OH is 3. The first-order valence-electron chi connectivity index (χ1n) is 21.4. The number of carboxylic acid groups (broad SMARTS) is 1. The lowest BCUT2D eigenvalue weighted by Crippen LogP contribution is -2.57. The molecule has 1 aliphatic heterocycles. The van der Waals surface area contributed by atoms with Crippen LogP contribution in [0.4, 0.5) is 17.2 Å². The summed E-state index contributed by atoms with van der Waals surface area (Å²) in [7, 11) is -4.03. The minimum absolute atomic E-state index is 0.0136. The number of hydrogen-bond donors (Lipinski definition) is 7. The molecule has 1 aliphatic carbocycles. The van der Waals surface area contributed by atoms with Gasteiger partial charge in [0.1, 0.15) is 11.4 Å². The van der Waals surface area contributed by atoms with Crippen LogP contribution in [0.15, 0.2) is 89.8 Å². The third-order valence-corrected chi connectivity index (χ3v) is 13.9. The Morgan fingerprint density at radius 3 is 1.95 bits per heavy atom. The van der Waals surface area contributed by atoms with Gasteiger partial charge in [-0.1, -0.05) is 37.3 Å². The molecule has 6 rings (SSSR count). The SMILES string of the molecule is CCN(C1CCC(C(=O)O)CC1)S(=O)(=O)c1cccc(C(=O)Nc2ccc(N3CCCCC3)nc2C(=O)Nc2ccc(CCc3ccc(C(=O)NC(CO)(CO)CO)cc3)cc2)c1. The number of sulfonamides is 1. The van der Waals surface area contributed by atoms with Gasteiger partial charge in [-0.3, -0.25) is 19.2 Å². The van der Waals surface area contributed by atoms with E-state index in [2.05, 4.69) is 20.9 Å². The quantitative estimate of drug-likeness (QED) is 0.0734. The van der Waals surface area contributed by atoms with Crippen LogP contribution in [-0.2, 0) is 27.7 Å². The first-order chi connectivity index (χ1) is 30.3. The topological polar surface area (TPSA) is 239 Å². The Morgan fingerprint density at radius 1 is 0.746 bits per heavy atom. The highest BCUT2D eigenvalue weighted by Crippen LogP contribution is 2.32. The Balaban J connectivity index is 1.13. The Bertz CT molecular complexity index is 2330. The van der Waals surface area contributed by atoms with Crippen molar-refractivity contribution in [2.45, 2.75) is 81.2 Å². The van der Waals surface area contributed by atoms with E-state index in [1.807, 2.05) is 12.1 Å². The van der Waals surface area contributed by atoms with E-state index < -0.39 is 65.0 Å². The molecule has 4 aromatic rings. The molecule has 336 valence electrons. The van der Waals surface area contributed by atoms with Gasteiger partial charge in [0.15, 0.2) is 5.69 Å². The van der Waals surface area contributed by atoms with Crippen LogP contribution in [0.5, 0.6) is 0 Å². The molecule has 2 heterocycles. The Hall–Kier alpha value is -5.72. The fourth-order valence-corrected chi connectivity index (χ4v) is 9.76. The lowest BCUT2D eigenvalue weighted by atomic mass is 9.86. The number of anilines is 3. The molecule has 16 nitrogen and oxygen atoms in total. The number of aromatic nitrogens is 1. The largest absolute Gasteiger partial charge is 0.481 e. The molecule has 0 bridgehead atoms. The smallest absolute Gasteiger partial charge is 0.306 e. The minimum atomic E-state index is -4.03. The Labute approximate surface area is 367 Å². The van der Waals surface area contributed by atoms with Crippen LogP contribution in [-0.4, -0.2) is 113 Å². The number of nitrogens with zero attached hydrogens (tertiary/aromatic N) is 3. The maximum Gasteiger partial charge on any atom is 0.306 e. The predicted octanol–water partition coefficient (Wildman–Crippen LogP) is 4.46. The van der Waals surface area contributed by atoms with Gasteiger partial charge in [-0.05, 0) is 124 Å². The minimum Gasteiger partial charge on any atom is -0.481 e. The zero-order valence-corrected chi connectivity index (χ0v) is 36.1. The van der Waals surface area contributed by atoms with E-state index in [0.29, 0.717) is 55.6 Å². The summed E-state index contributed by atoms with van der Waals surface area (Å²) in [6, 6.07) is 22.9. The molecular formula is C46H56N6O10S. The van der Waals surface area contributed by atoms with Crippen LogP contribution in [0.2, 0.25) is 0 Å². The predicted molar refractivity (Wildman–Crippen MR) is 237 cm³/mol. The van der Waals surface area contributed by atoms with Gasteiger partial charge in [0.2, 0.25) is 10.0 Å². The first kappa shape index (κ1) is 46.8. The molecule has 0 unspecified atom stereocenters. The van der Waals surface area contributed by atoms with Crippen molar-refractivity contribution in [3.8, 4) is 0 Å². The summed E-state index contributed by atoms with van der Waals surface area (Å²) in [6.45, 7) is 1.61. The normalized spacial score (nSPS) is 16.9. The van der Waals surface area contributed by atoms with Crippen molar-refractivity contribution >= 4 is 50.9 Å². The lowest BCUT2D eigenvalue weighted by Gasteiger charge is -2.34. The molecule has 0 atom stereocenters. The summed E-state index contributed by atoms with van der Waals surface area (Å²) < 4.78 is 29.2. The highest BCUT2D eigenvalue weighted by molar-refractivity contribution is 7.89. The number of benzene rings is 3. The van der Waals surface area contributed by atoms with Gasteiger partial charge in [-0.2, -0.15) is 4.31 Å². The van der Waals surface area contributed by atoms with Crippen molar-refractivity contribution in [1.29, 1.82) is 0 Å².